The maximum atomic E-state index is 12.1. The summed E-state index contributed by atoms with van der Waals surface area (Å²) in [5.41, 5.74) is 1.47. The monoisotopic (exact) mass is 217 g/mol. The molecule has 2 heterocycles. The van der Waals surface area contributed by atoms with Crippen molar-refractivity contribution in [3.8, 4) is 0 Å². The number of hydrogen-bond donors (Lipinski definition) is 2. The van der Waals surface area contributed by atoms with Crippen LogP contribution in [0.2, 0.25) is 0 Å². The Morgan fingerprint density at radius 2 is 2.12 bits per heavy atom. The van der Waals surface area contributed by atoms with E-state index in [9.17, 15) is 4.79 Å². The van der Waals surface area contributed by atoms with E-state index in [2.05, 4.69) is 15.6 Å². The number of carbonyl (C=O) groups excluding carboxylic acids is 1. The second-order valence-electron chi connectivity index (χ2n) is 4.78. The molecule has 4 heteroatoms. The van der Waals surface area contributed by atoms with Gasteiger partial charge >= 0.3 is 0 Å². The van der Waals surface area contributed by atoms with Crippen molar-refractivity contribution in [2.75, 3.05) is 10.6 Å². The minimum absolute atomic E-state index is 0.102. The lowest BCUT2D eigenvalue weighted by atomic mass is 9.94. The van der Waals surface area contributed by atoms with Crippen molar-refractivity contribution < 1.29 is 4.79 Å². The number of carbonyl (C=O) groups is 1. The minimum Gasteiger partial charge on any atom is -0.354 e. The molecular formula is C12H15N3O. The lowest BCUT2D eigenvalue weighted by Gasteiger charge is -2.34. The lowest BCUT2D eigenvalue weighted by Crippen LogP contribution is -2.50. The fourth-order valence-corrected chi connectivity index (χ4v) is 2.62. The first-order chi connectivity index (χ1) is 7.70. The van der Waals surface area contributed by atoms with Crippen LogP contribution in [-0.2, 0) is 4.79 Å². The van der Waals surface area contributed by atoms with Gasteiger partial charge in [0.1, 0.15) is 5.54 Å². The van der Waals surface area contributed by atoms with Gasteiger partial charge < -0.3 is 10.6 Å². The Balaban J connectivity index is 2.01. The third-order valence-electron chi connectivity index (χ3n) is 3.52. The largest absolute Gasteiger partial charge is 0.354 e. The van der Waals surface area contributed by atoms with Gasteiger partial charge in [0, 0.05) is 6.20 Å². The van der Waals surface area contributed by atoms with E-state index in [4.69, 9.17) is 0 Å². The number of aromatic nitrogens is 1. The van der Waals surface area contributed by atoms with Gasteiger partial charge in [-0.25, -0.2) is 4.98 Å². The number of hydrogen-bond acceptors (Lipinski definition) is 3. The quantitative estimate of drug-likeness (QED) is 0.699. The van der Waals surface area contributed by atoms with Gasteiger partial charge in [0.05, 0.1) is 5.69 Å². The average molecular weight is 217 g/mol. The standard InChI is InChI=1S/C12H15N3O/c1-8-6-9-10(13-7-8)15-12(11(16)14-9)4-2-3-5-12/h6-7H,2-5H2,1H3,(H,13,15)(H,14,16). The first-order valence-corrected chi connectivity index (χ1v) is 5.76. The Hall–Kier alpha value is -1.58. The van der Waals surface area contributed by atoms with Crippen molar-refractivity contribution in [2.24, 2.45) is 0 Å². The fourth-order valence-electron chi connectivity index (χ4n) is 2.62. The summed E-state index contributed by atoms with van der Waals surface area (Å²) in [5, 5.41) is 6.30. The summed E-state index contributed by atoms with van der Waals surface area (Å²) in [7, 11) is 0. The van der Waals surface area contributed by atoms with E-state index in [0.717, 1.165) is 42.8 Å². The van der Waals surface area contributed by atoms with Gasteiger partial charge in [0.15, 0.2) is 5.82 Å². The van der Waals surface area contributed by atoms with Gasteiger partial charge in [-0.05, 0) is 31.4 Å². The third-order valence-corrected chi connectivity index (χ3v) is 3.52. The summed E-state index contributed by atoms with van der Waals surface area (Å²) in [6, 6.07) is 1.95. The lowest BCUT2D eigenvalue weighted by molar-refractivity contribution is -0.120. The Morgan fingerprint density at radius 3 is 2.88 bits per heavy atom. The number of nitrogens with one attached hydrogen (secondary N) is 2. The molecule has 2 aliphatic rings. The number of amides is 1. The Bertz CT molecular complexity index is 450. The molecule has 0 radical (unpaired) electrons. The van der Waals surface area contributed by atoms with Crippen molar-refractivity contribution in [2.45, 2.75) is 38.1 Å². The summed E-state index contributed by atoms with van der Waals surface area (Å²) in [5.74, 6) is 0.914. The first-order valence-electron chi connectivity index (χ1n) is 5.76. The Labute approximate surface area is 94.5 Å². The minimum atomic E-state index is -0.394. The second-order valence-corrected chi connectivity index (χ2v) is 4.78. The van der Waals surface area contributed by atoms with Gasteiger partial charge in [-0.1, -0.05) is 12.8 Å². The van der Waals surface area contributed by atoms with Crippen molar-refractivity contribution in [1.82, 2.24) is 4.98 Å². The van der Waals surface area contributed by atoms with E-state index in [1.54, 1.807) is 0 Å². The number of fused-ring (bicyclic) bond motifs is 1. The molecular weight excluding hydrogens is 202 g/mol. The molecule has 0 aromatic carbocycles. The van der Waals surface area contributed by atoms with Crippen LogP contribution in [0.25, 0.3) is 0 Å². The summed E-state index contributed by atoms with van der Waals surface area (Å²) in [6.45, 7) is 1.97. The summed E-state index contributed by atoms with van der Waals surface area (Å²) >= 11 is 0. The molecule has 1 aliphatic heterocycles. The molecule has 1 fully saturated rings. The van der Waals surface area contributed by atoms with E-state index in [-0.39, 0.29) is 5.91 Å². The van der Waals surface area contributed by atoms with Crippen molar-refractivity contribution in [3.05, 3.63) is 17.8 Å². The predicted octanol–water partition coefficient (Wildman–Crippen LogP) is 2.07. The van der Waals surface area contributed by atoms with Crippen molar-refractivity contribution in [3.63, 3.8) is 0 Å². The molecule has 1 spiro atoms. The normalized spacial score (nSPS) is 21.4. The van der Waals surface area contributed by atoms with Gasteiger partial charge in [0.2, 0.25) is 5.91 Å². The summed E-state index contributed by atoms with van der Waals surface area (Å²) in [4.78, 5) is 16.4. The number of anilines is 2. The van der Waals surface area contributed by atoms with Crippen LogP contribution in [0.15, 0.2) is 12.3 Å². The molecule has 0 saturated heterocycles. The molecule has 16 heavy (non-hydrogen) atoms. The molecule has 1 amide bonds. The molecule has 1 aromatic heterocycles. The first kappa shape index (κ1) is 9.63. The SMILES string of the molecule is Cc1cnc2c(c1)NC(=O)C1(CCCC1)N2. The van der Waals surface area contributed by atoms with Crippen LogP contribution in [0.5, 0.6) is 0 Å². The molecule has 1 aromatic rings. The zero-order valence-electron chi connectivity index (χ0n) is 9.34. The molecule has 3 rings (SSSR count). The highest BCUT2D eigenvalue weighted by Crippen LogP contribution is 2.39. The topological polar surface area (TPSA) is 54.0 Å². The third kappa shape index (κ3) is 1.29. The van der Waals surface area contributed by atoms with Crippen LogP contribution in [0, 0.1) is 6.92 Å². The van der Waals surface area contributed by atoms with Crippen LogP contribution in [0.3, 0.4) is 0 Å². The van der Waals surface area contributed by atoms with Crippen LogP contribution in [-0.4, -0.2) is 16.4 Å². The van der Waals surface area contributed by atoms with Crippen LogP contribution < -0.4 is 10.6 Å². The number of aryl methyl sites for hydroxylation is 1. The van der Waals surface area contributed by atoms with Gasteiger partial charge in [-0.2, -0.15) is 0 Å². The van der Waals surface area contributed by atoms with Crippen LogP contribution in [0.4, 0.5) is 11.5 Å². The van der Waals surface area contributed by atoms with E-state index in [1.165, 1.54) is 0 Å². The van der Waals surface area contributed by atoms with Crippen LogP contribution >= 0.6 is 0 Å². The van der Waals surface area contributed by atoms with Crippen LogP contribution in [0.1, 0.15) is 31.2 Å². The van der Waals surface area contributed by atoms with E-state index in [1.807, 2.05) is 19.2 Å². The van der Waals surface area contributed by atoms with Gasteiger partial charge in [-0.15, -0.1) is 0 Å². The molecule has 1 aliphatic carbocycles. The predicted molar refractivity (Wildman–Crippen MR) is 62.4 cm³/mol. The molecule has 2 N–H and O–H groups in total. The molecule has 1 saturated carbocycles. The summed E-state index contributed by atoms with van der Waals surface area (Å²) in [6.07, 6.45) is 5.87. The highest BCUT2D eigenvalue weighted by Gasteiger charge is 2.44. The zero-order valence-corrected chi connectivity index (χ0v) is 9.34. The van der Waals surface area contributed by atoms with Gasteiger partial charge in [-0.3, -0.25) is 4.79 Å². The van der Waals surface area contributed by atoms with Gasteiger partial charge in [0.25, 0.3) is 0 Å². The number of pyridine rings is 1. The second kappa shape index (κ2) is 3.20. The fraction of sp³-hybridized carbons (Fsp3) is 0.500. The zero-order chi connectivity index (χ0) is 11.2. The summed E-state index contributed by atoms with van der Waals surface area (Å²) < 4.78 is 0. The van der Waals surface area contributed by atoms with E-state index >= 15 is 0 Å². The number of rotatable bonds is 0. The molecule has 0 unspecified atom stereocenters. The highest BCUT2D eigenvalue weighted by molar-refractivity contribution is 6.05. The number of nitrogens with zero attached hydrogens (tertiary/aromatic N) is 1. The van der Waals surface area contributed by atoms with E-state index < -0.39 is 5.54 Å². The van der Waals surface area contributed by atoms with Crippen molar-refractivity contribution >= 4 is 17.4 Å². The van der Waals surface area contributed by atoms with Crippen molar-refractivity contribution in [1.29, 1.82) is 0 Å². The smallest absolute Gasteiger partial charge is 0.250 e. The Kier molecular flexibility index (Phi) is 1.93. The average Bonchev–Trinajstić information content (AvgIpc) is 2.70. The van der Waals surface area contributed by atoms with E-state index in [0.29, 0.717) is 0 Å². The molecule has 0 bridgehead atoms. The molecule has 4 nitrogen and oxygen atoms in total. The molecule has 84 valence electrons. The Morgan fingerprint density at radius 1 is 1.38 bits per heavy atom. The molecule has 0 atom stereocenters. The highest BCUT2D eigenvalue weighted by atomic mass is 16.2. The maximum Gasteiger partial charge on any atom is 0.250 e. The maximum absolute atomic E-state index is 12.1.